The number of β-lactam (4-membered cyclic amide) rings is 1. The van der Waals surface area contributed by atoms with E-state index in [1.165, 1.54) is 65.5 Å². The third kappa shape index (κ3) is 6.06. The van der Waals surface area contributed by atoms with Crippen molar-refractivity contribution in [1.82, 2.24) is 15.2 Å². The van der Waals surface area contributed by atoms with E-state index in [0.717, 1.165) is 16.2 Å². The van der Waals surface area contributed by atoms with Crippen LogP contribution in [0.4, 0.5) is 5.13 Å². The smallest absolute Gasteiger partial charge is 0.543 e. The molecular weight excluding hydrogens is 626 g/mol. The number of carboxylic acid groups (broad SMARTS) is 1. The Morgan fingerprint density at radius 1 is 1.29 bits per heavy atom. The number of anilines is 1. The number of aliphatic carboxylic acids is 1. The van der Waals surface area contributed by atoms with E-state index >= 15 is 0 Å². The molecule has 1 saturated heterocycles. The van der Waals surface area contributed by atoms with Crippen LogP contribution < -0.4 is 51.1 Å². The van der Waals surface area contributed by atoms with Gasteiger partial charge in [-0.15, -0.1) is 46.2 Å². The molecule has 13 nitrogen and oxygen atoms in total. The maximum absolute atomic E-state index is 13.0. The van der Waals surface area contributed by atoms with Gasteiger partial charge in [0.25, 0.3) is 11.8 Å². The second-order valence-corrected chi connectivity index (χ2v) is 12.7. The summed E-state index contributed by atoms with van der Waals surface area (Å²) < 4.78 is 0.998. The number of rotatable bonds is 8. The SMILES string of the molecule is CO/N=C(\C(=O)N[C@@H]1C(=O)N2C(C(=O)[O-])=C(CSc3cc(=O)c4cc(O)c(O)cc4s3)CSC12)c1csc(N)n1.[Na+]. The number of thiazole rings is 1. The zero-order valence-electron chi connectivity index (χ0n) is 21.3. The molecule has 2 aromatic heterocycles. The first-order valence-electron chi connectivity index (χ1n) is 11.2. The number of amides is 2. The Kier molecular flexibility index (Phi) is 9.57. The van der Waals surface area contributed by atoms with Gasteiger partial charge in [0.2, 0.25) is 0 Å². The van der Waals surface area contributed by atoms with Gasteiger partial charge in [-0.1, -0.05) is 5.16 Å². The van der Waals surface area contributed by atoms with Crippen LogP contribution in [0.25, 0.3) is 10.1 Å². The van der Waals surface area contributed by atoms with Crippen molar-refractivity contribution in [2.45, 2.75) is 15.6 Å². The summed E-state index contributed by atoms with van der Waals surface area (Å²) in [6.07, 6.45) is 0. The van der Waals surface area contributed by atoms with Crippen LogP contribution in [0.1, 0.15) is 5.69 Å². The van der Waals surface area contributed by atoms with E-state index in [1.54, 1.807) is 0 Å². The van der Waals surface area contributed by atoms with E-state index in [9.17, 15) is 34.5 Å². The minimum Gasteiger partial charge on any atom is -0.543 e. The first-order chi connectivity index (χ1) is 19.1. The topological polar surface area (TPSA) is 208 Å². The molecule has 0 bridgehead atoms. The number of carboxylic acids is 1. The number of phenolic OH excluding ortho intramolecular Hbond substituents is 2. The standard InChI is InChI=1S/C23H19N5O8S4.Na/c1-36-27-16(10-7-39-23(24)25-10)19(32)26-17-20(33)28-18(22(34)35)8(6-38-21(17)28)5-37-15-4-11(29)9-2-12(30)13(31)3-14(9)40-15;/h2-4,7,17,21,30-31H,5-6H2,1H3,(H2,24,25)(H,26,32)(H,34,35);/q;+1/p-1/b27-16-;/t17-,21?;/m1./s1. The van der Waals surface area contributed by atoms with Gasteiger partial charge in [-0.2, -0.15) is 0 Å². The van der Waals surface area contributed by atoms with Crippen molar-refractivity contribution in [2.24, 2.45) is 5.16 Å². The van der Waals surface area contributed by atoms with Gasteiger partial charge in [-0.05, 0) is 11.6 Å². The van der Waals surface area contributed by atoms with Crippen LogP contribution in [-0.2, 0) is 19.2 Å². The number of carbonyl (C=O) groups is 3. The monoisotopic (exact) mass is 643 g/mol. The van der Waals surface area contributed by atoms with Gasteiger partial charge in [-0.3, -0.25) is 19.3 Å². The molecule has 0 saturated carbocycles. The maximum Gasteiger partial charge on any atom is 1.00 e. The zero-order valence-corrected chi connectivity index (χ0v) is 26.5. The number of nitrogens with two attached hydrogens (primary N) is 1. The van der Waals surface area contributed by atoms with E-state index in [-0.39, 0.29) is 79.9 Å². The number of aromatic nitrogens is 1. The van der Waals surface area contributed by atoms with Crippen molar-refractivity contribution in [3.8, 4) is 11.5 Å². The second-order valence-electron chi connectivity index (χ2n) is 8.35. The number of aromatic hydroxyl groups is 2. The molecule has 3 aromatic rings. The molecule has 41 heavy (non-hydrogen) atoms. The minimum absolute atomic E-state index is 0. The number of phenols is 2. The molecule has 1 unspecified atom stereocenters. The number of benzene rings is 1. The summed E-state index contributed by atoms with van der Waals surface area (Å²) in [7, 11) is 1.25. The first kappa shape index (κ1) is 31.1. The third-order valence-electron chi connectivity index (χ3n) is 5.88. The number of hydrogen-bond acceptors (Lipinski definition) is 15. The molecule has 5 rings (SSSR count). The van der Waals surface area contributed by atoms with Gasteiger partial charge in [0, 0.05) is 39.1 Å². The van der Waals surface area contributed by atoms with Gasteiger partial charge in [0.15, 0.2) is 27.8 Å². The average molecular weight is 644 g/mol. The van der Waals surface area contributed by atoms with Crippen LogP contribution in [0.2, 0.25) is 0 Å². The van der Waals surface area contributed by atoms with Gasteiger partial charge < -0.3 is 36.0 Å². The minimum atomic E-state index is -1.54. The molecule has 2 amide bonds. The summed E-state index contributed by atoms with van der Waals surface area (Å²) in [5.41, 5.74) is 5.38. The quantitative estimate of drug-likeness (QED) is 0.0493. The Balaban J connectivity index is 0.00000387. The fourth-order valence-corrected chi connectivity index (χ4v) is 8.34. The number of oxime groups is 1. The van der Waals surface area contributed by atoms with E-state index in [4.69, 9.17) is 10.6 Å². The van der Waals surface area contributed by atoms with Crippen LogP contribution in [0.3, 0.4) is 0 Å². The van der Waals surface area contributed by atoms with Crippen LogP contribution in [0.5, 0.6) is 11.5 Å². The Labute approximate surface area is 269 Å². The van der Waals surface area contributed by atoms with Gasteiger partial charge in [0.05, 0.1) is 15.9 Å². The number of thioether (sulfide) groups is 2. The Hall–Kier alpha value is -2.80. The molecule has 2 aliphatic rings. The largest absolute Gasteiger partial charge is 1.00 e. The third-order valence-corrected chi connectivity index (χ3v) is 10.3. The van der Waals surface area contributed by atoms with Gasteiger partial charge >= 0.3 is 29.6 Å². The van der Waals surface area contributed by atoms with Gasteiger partial charge in [-0.25, -0.2) is 4.98 Å². The summed E-state index contributed by atoms with van der Waals surface area (Å²) in [6.45, 7) is 0. The average Bonchev–Trinajstić information content (AvgIpc) is 3.35. The van der Waals surface area contributed by atoms with Crippen LogP contribution in [0.15, 0.2) is 49.0 Å². The second kappa shape index (κ2) is 12.6. The van der Waals surface area contributed by atoms with Gasteiger partial charge in [0.1, 0.15) is 24.2 Å². The van der Waals surface area contributed by atoms with Crippen molar-refractivity contribution in [1.29, 1.82) is 0 Å². The van der Waals surface area contributed by atoms with Crippen molar-refractivity contribution in [3.05, 3.63) is 50.8 Å². The van der Waals surface area contributed by atoms with Crippen molar-refractivity contribution in [3.63, 3.8) is 0 Å². The zero-order chi connectivity index (χ0) is 28.7. The summed E-state index contributed by atoms with van der Waals surface area (Å²) in [4.78, 5) is 60.3. The number of fused-ring (bicyclic) bond motifs is 2. The molecule has 4 heterocycles. The number of nitrogen functional groups attached to an aromatic ring is 1. The molecule has 0 aliphatic carbocycles. The summed E-state index contributed by atoms with van der Waals surface area (Å²) in [5.74, 6) is -3.30. The predicted octanol–water partition coefficient (Wildman–Crippen LogP) is -2.74. The van der Waals surface area contributed by atoms with Crippen LogP contribution in [-0.4, -0.2) is 73.6 Å². The molecule has 208 valence electrons. The molecule has 1 fully saturated rings. The van der Waals surface area contributed by atoms with Crippen molar-refractivity contribution in [2.75, 3.05) is 24.3 Å². The predicted molar refractivity (Wildman–Crippen MR) is 149 cm³/mol. The molecule has 2 aliphatic heterocycles. The molecule has 18 heteroatoms. The summed E-state index contributed by atoms with van der Waals surface area (Å²) >= 11 is 4.75. The van der Waals surface area contributed by atoms with Crippen molar-refractivity contribution >= 4 is 84.9 Å². The fraction of sp³-hybridized carbons (Fsp3) is 0.217. The normalized spacial score (nSPS) is 18.4. The van der Waals surface area contributed by atoms with Crippen LogP contribution in [0, 0.1) is 0 Å². The number of nitrogens with one attached hydrogen (secondary N) is 1. The molecule has 0 spiro atoms. The van der Waals surface area contributed by atoms with E-state index in [0.29, 0.717) is 14.5 Å². The summed E-state index contributed by atoms with van der Waals surface area (Å²) in [6, 6.07) is 2.82. The number of carbonyl (C=O) groups excluding carboxylic acids is 3. The Morgan fingerprint density at radius 3 is 2.68 bits per heavy atom. The molecule has 2 atom stereocenters. The molecule has 5 N–H and O–H groups in total. The molecule has 0 radical (unpaired) electrons. The van der Waals surface area contributed by atoms with E-state index < -0.39 is 34.9 Å². The first-order valence-corrected chi connectivity index (χ1v) is 15.0. The fourth-order valence-electron chi connectivity index (χ4n) is 4.07. The number of nitrogens with zero attached hydrogens (tertiary/aromatic N) is 3. The van der Waals surface area contributed by atoms with Crippen molar-refractivity contribution < 1.29 is 64.1 Å². The Morgan fingerprint density at radius 2 is 2.02 bits per heavy atom. The van der Waals surface area contributed by atoms with E-state index in [1.807, 2.05) is 0 Å². The van der Waals surface area contributed by atoms with Crippen LogP contribution >= 0.6 is 46.2 Å². The maximum atomic E-state index is 13.0. The molecular formula is C23H18N5NaO8S4. The summed E-state index contributed by atoms with van der Waals surface area (Å²) in [5, 5.41) is 39.1. The number of hydrogen-bond donors (Lipinski definition) is 4. The Bertz CT molecular complexity index is 1690. The molecule has 1 aromatic carbocycles. The van der Waals surface area contributed by atoms with E-state index in [2.05, 4.69) is 15.5 Å².